The van der Waals surface area contributed by atoms with Crippen molar-refractivity contribution < 1.29 is 13.2 Å². The Balaban J connectivity index is 2.89. The van der Waals surface area contributed by atoms with Gasteiger partial charge in [-0.3, -0.25) is 0 Å². The predicted octanol–water partition coefficient (Wildman–Crippen LogP) is 3.31. The highest BCUT2D eigenvalue weighted by molar-refractivity contribution is 5.28. The monoisotopic (exact) mass is 274 g/mol. The minimum Gasteiger partial charge on any atom is -0.310 e. The van der Waals surface area contributed by atoms with Crippen LogP contribution in [-0.2, 0) is 6.18 Å². The highest BCUT2D eigenvalue weighted by Gasteiger charge is 2.30. The van der Waals surface area contributed by atoms with E-state index in [1.165, 1.54) is 12.1 Å². The van der Waals surface area contributed by atoms with E-state index in [-0.39, 0.29) is 6.04 Å². The van der Waals surface area contributed by atoms with Crippen molar-refractivity contribution in [3.63, 3.8) is 0 Å². The molecule has 1 N–H and O–H groups in total. The van der Waals surface area contributed by atoms with Crippen LogP contribution < -0.4 is 5.32 Å². The first-order valence-corrected chi connectivity index (χ1v) is 6.40. The van der Waals surface area contributed by atoms with E-state index in [0.717, 1.165) is 25.6 Å². The zero-order valence-electron chi connectivity index (χ0n) is 11.6. The first-order valence-electron chi connectivity index (χ1n) is 6.40. The maximum atomic E-state index is 12.7. The lowest BCUT2D eigenvalue weighted by atomic mass is 10.0. The van der Waals surface area contributed by atoms with Gasteiger partial charge in [0, 0.05) is 6.04 Å². The van der Waals surface area contributed by atoms with Gasteiger partial charge in [0.25, 0.3) is 0 Å². The fourth-order valence-electron chi connectivity index (χ4n) is 1.95. The van der Waals surface area contributed by atoms with Gasteiger partial charge in [0.05, 0.1) is 5.56 Å². The zero-order chi connectivity index (χ0) is 14.5. The third kappa shape index (κ3) is 5.20. The second-order valence-electron chi connectivity index (χ2n) is 4.83. The third-order valence-electron chi connectivity index (χ3n) is 2.93. The zero-order valence-corrected chi connectivity index (χ0v) is 11.6. The SMILES string of the molecule is CCNC(CCN(C)C)c1cccc(C(F)(F)F)c1. The summed E-state index contributed by atoms with van der Waals surface area (Å²) in [5.74, 6) is 0. The molecule has 0 heterocycles. The molecule has 0 aliphatic heterocycles. The van der Waals surface area contributed by atoms with Gasteiger partial charge < -0.3 is 10.2 Å². The molecule has 0 saturated heterocycles. The molecule has 0 fully saturated rings. The van der Waals surface area contributed by atoms with Gasteiger partial charge in [-0.25, -0.2) is 0 Å². The van der Waals surface area contributed by atoms with E-state index in [1.807, 2.05) is 25.9 Å². The van der Waals surface area contributed by atoms with E-state index in [9.17, 15) is 13.2 Å². The highest BCUT2D eigenvalue weighted by atomic mass is 19.4. The molecule has 0 aliphatic carbocycles. The van der Waals surface area contributed by atoms with Gasteiger partial charge in [0.2, 0.25) is 0 Å². The molecule has 0 aliphatic rings. The van der Waals surface area contributed by atoms with E-state index in [2.05, 4.69) is 5.32 Å². The minimum atomic E-state index is -4.28. The van der Waals surface area contributed by atoms with Crippen LogP contribution in [0.25, 0.3) is 0 Å². The number of alkyl halides is 3. The molecule has 1 unspecified atom stereocenters. The van der Waals surface area contributed by atoms with Crippen molar-refractivity contribution in [2.24, 2.45) is 0 Å². The first-order chi connectivity index (χ1) is 8.84. The lowest BCUT2D eigenvalue weighted by Gasteiger charge is -2.21. The maximum absolute atomic E-state index is 12.7. The number of nitrogens with one attached hydrogen (secondary N) is 1. The maximum Gasteiger partial charge on any atom is 0.416 e. The fraction of sp³-hybridized carbons (Fsp3) is 0.571. The molecule has 0 bridgehead atoms. The number of hydrogen-bond acceptors (Lipinski definition) is 2. The predicted molar refractivity (Wildman–Crippen MR) is 71.0 cm³/mol. The number of hydrogen-bond donors (Lipinski definition) is 1. The summed E-state index contributed by atoms with van der Waals surface area (Å²) in [5, 5.41) is 3.24. The quantitative estimate of drug-likeness (QED) is 0.856. The normalized spacial score (nSPS) is 13.8. The largest absolute Gasteiger partial charge is 0.416 e. The van der Waals surface area contributed by atoms with E-state index >= 15 is 0 Å². The Morgan fingerprint density at radius 1 is 1.26 bits per heavy atom. The van der Waals surface area contributed by atoms with Gasteiger partial charge in [-0.1, -0.05) is 19.1 Å². The van der Waals surface area contributed by atoms with Gasteiger partial charge in [0.15, 0.2) is 0 Å². The van der Waals surface area contributed by atoms with Crippen molar-refractivity contribution in [1.29, 1.82) is 0 Å². The molecule has 19 heavy (non-hydrogen) atoms. The standard InChI is InChI=1S/C14H21F3N2/c1-4-18-13(8-9-19(2)3)11-6-5-7-12(10-11)14(15,16)17/h5-7,10,13,18H,4,8-9H2,1-3H3. The lowest BCUT2D eigenvalue weighted by Crippen LogP contribution is -2.25. The molecule has 0 saturated carbocycles. The summed E-state index contributed by atoms with van der Waals surface area (Å²) in [7, 11) is 3.91. The molecule has 5 heteroatoms. The van der Waals surface area contributed by atoms with Crippen molar-refractivity contribution in [1.82, 2.24) is 10.2 Å². The Bertz CT molecular complexity index is 389. The van der Waals surface area contributed by atoms with Crippen molar-refractivity contribution >= 4 is 0 Å². The lowest BCUT2D eigenvalue weighted by molar-refractivity contribution is -0.137. The molecule has 0 spiro atoms. The molecule has 1 atom stereocenters. The summed E-state index contributed by atoms with van der Waals surface area (Å²) < 4.78 is 38.1. The fourth-order valence-corrected chi connectivity index (χ4v) is 1.95. The summed E-state index contributed by atoms with van der Waals surface area (Å²) in [6.45, 7) is 3.51. The number of benzene rings is 1. The summed E-state index contributed by atoms with van der Waals surface area (Å²) in [5.41, 5.74) is 0.108. The average Bonchev–Trinajstić information content (AvgIpc) is 2.33. The van der Waals surface area contributed by atoms with E-state index < -0.39 is 11.7 Å². The summed E-state index contributed by atoms with van der Waals surface area (Å²) in [6, 6.07) is 5.52. The van der Waals surface area contributed by atoms with Crippen molar-refractivity contribution in [2.45, 2.75) is 25.6 Å². The van der Waals surface area contributed by atoms with Crippen LogP contribution in [0.4, 0.5) is 13.2 Å². The minimum absolute atomic E-state index is 0.0466. The van der Waals surface area contributed by atoms with Gasteiger partial charge in [0.1, 0.15) is 0 Å². The summed E-state index contributed by atoms with van der Waals surface area (Å²) in [4.78, 5) is 2.03. The van der Waals surface area contributed by atoms with Gasteiger partial charge in [-0.2, -0.15) is 13.2 Å². The summed E-state index contributed by atoms with van der Waals surface area (Å²) in [6.07, 6.45) is -3.50. The average molecular weight is 274 g/mol. The summed E-state index contributed by atoms with van der Waals surface area (Å²) >= 11 is 0. The van der Waals surface area contributed by atoms with E-state index in [0.29, 0.717) is 5.56 Å². The van der Waals surface area contributed by atoms with Crippen molar-refractivity contribution in [2.75, 3.05) is 27.2 Å². The van der Waals surface area contributed by atoms with E-state index in [1.54, 1.807) is 6.07 Å². The van der Waals surface area contributed by atoms with Gasteiger partial charge >= 0.3 is 6.18 Å². The van der Waals surface area contributed by atoms with Crippen LogP contribution in [0.3, 0.4) is 0 Å². The number of halogens is 3. The highest BCUT2D eigenvalue weighted by Crippen LogP contribution is 2.31. The molecule has 0 amide bonds. The van der Waals surface area contributed by atoms with Crippen LogP contribution in [0, 0.1) is 0 Å². The second-order valence-corrected chi connectivity index (χ2v) is 4.83. The van der Waals surface area contributed by atoms with Crippen molar-refractivity contribution in [3.8, 4) is 0 Å². The van der Waals surface area contributed by atoms with Crippen LogP contribution in [0.1, 0.15) is 30.5 Å². The molecule has 108 valence electrons. The Labute approximate surface area is 112 Å². The third-order valence-corrected chi connectivity index (χ3v) is 2.93. The van der Waals surface area contributed by atoms with Crippen LogP contribution in [0.15, 0.2) is 24.3 Å². The Kier molecular flexibility index (Phi) is 5.82. The molecule has 1 rings (SSSR count). The van der Waals surface area contributed by atoms with Crippen LogP contribution in [0.2, 0.25) is 0 Å². The molecule has 1 aromatic carbocycles. The second kappa shape index (κ2) is 6.91. The smallest absolute Gasteiger partial charge is 0.310 e. The van der Waals surface area contributed by atoms with Gasteiger partial charge in [-0.05, 0) is 51.3 Å². The number of nitrogens with zero attached hydrogens (tertiary/aromatic N) is 1. The molecular formula is C14H21F3N2. The molecule has 0 aromatic heterocycles. The van der Waals surface area contributed by atoms with Crippen LogP contribution in [0.5, 0.6) is 0 Å². The number of rotatable bonds is 6. The van der Waals surface area contributed by atoms with Crippen LogP contribution in [-0.4, -0.2) is 32.1 Å². The van der Waals surface area contributed by atoms with Crippen molar-refractivity contribution in [3.05, 3.63) is 35.4 Å². The Hall–Kier alpha value is -1.07. The Morgan fingerprint density at radius 3 is 2.47 bits per heavy atom. The van der Waals surface area contributed by atoms with Crippen LogP contribution >= 0.6 is 0 Å². The molecule has 2 nitrogen and oxygen atoms in total. The first kappa shape index (κ1) is 16.0. The van der Waals surface area contributed by atoms with Gasteiger partial charge in [-0.15, -0.1) is 0 Å². The molecular weight excluding hydrogens is 253 g/mol. The van der Waals surface area contributed by atoms with E-state index in [4.69, 9.17) is 0 Å². The molecule has 0 radical (unpaired) electrons. The molecule has 1 aromatic rings. The topological polar surface area (TPSA) is 15.3 Å². The Morgan fingerprint density at radius 2 is 1.95 bits per heavy atom.